The molecule has 1 amide bonds. The van der Waals surface area contributed by atoms with Crippen LogP contribution in [-0.2, 0) is 12.0 Å². The van der Waals surface area contributed by atoms with Crippen molar-refractivity contribution in [3.63, 3.8) is 0 Å². The molecule has 0 saturated heterocycles. The van der Waals surface area contributed by atoms with E-state index in [2.05, 4.69) is 25.5 Å². The molecule has 0 atom stereocenters. The molecule has 0 aliphatic carbocycles. The van der Waals surface area contributed by atoms with Crippen molar-refractivity contribution in [2.24, 2.45) is 0 Å². The Morgan fingerprint density at radius 3 is 2.67 bits per heavy atom. The largest absolute Gasteiger partial charge is 0.481 e. The summed E-state index contributed by atoms with van der Waals surface area (Å²) in [6.45, 7) is 6.35. The molecule has 0 radical (unpaired) electrons. The first-order valence-corrected chi connectivity index (χ1v) is 6.60. The monoisotopic (exact) mass is 289 g/mol. The lowest BCUT2D eigenvalue weighted by molar-refractivity contribution is 0.0941. The maximum Gasteiger partial charge on any atom is 0.291 e. The second-order valence-corrected chi connectivity index (χ2v) is 5.65. The zero-order valence-corrected chi connectivity index (χ0v) is 12.6. The van der Waals surface area contributed by atoms with Crippen LogP contribution in [0.5, 0.6) is 5.88 Å². The summed E-state index contributed by atoms with van der Waals surface area (Å²) in [6.07, 6.45) is 1.65. The van der Waals surface area contributed by atoms with E-state index in [1.165, 1.54) is 0 Å². The molecule has 2 aromatic heterocycles. The minimum Gasteiger partial charge on any atom is -0.481 e. The molecule has 2 N–H and O–H groups in total. The van der Waals surface area contributed by atoms with E-state index in [0.717, 1.165) is 5.56 Å². The van der Waals surface area contributed by atoms with Crippen LogP contribution in [0.25, 0.3) is 0 Å². The lowest BCUT2D eigenvalue weighted by Crippen LogP contribution is -2.24. The molecule has 2 aromatic rings. The van der Waals surface area contributed by atoms with Gasteiger partial charge in [-0.3, -0.25) is 9.89 Å². The van der Waals surface area contributed by atoms with Crippen molar-refractivity contribution in [3.05, 3.63) is 35.5 Å². The highest BCUT2D eigenvalue weighted by Gasteiger charge is 2.21. The molecule has 21 heavy (non-hydrogen) atoms. The van der Waals surface area contributed by atoms with E-state index in [0.29, 0.717) is 18.2 Å². The number of H-pyrrole nitrogens is 1. The van der Waals surface area contributed by atoms with Crippen LogP contribution in [0.4, 0.5) is 0 Å². The number of pyridine rings is 1. The van der Waals surface area contributed by atoms with Gasteiger partial charge >= 0.3 is 0 Å². The quantitative estimate of drug-likeness (QED) is 0.888. The van der Waals surface area contributed by atoms with E-state index in [4.69, 9.17) is 4.74 Å². The van der Waals surface area contributed by atoms with Crippen LogP contribution in [0.15, 0.2) is 18.3 Å². The number of aromatic nitrogens is 4. The molecule has 0 unspecified atom stereocenters. The number of amides is 1. The smallest absolute Gasteiger partial charge is 0.291 e. The molecule has 0 spiro atoms. The molecule has 0 aromatic carbocycles. The Kier molecular flexibility index (Phi) is 4.21. The lowest BCUT2D eigenvalue weighted by atomic mass is 9.96. The van der Waals surface area contributed by atoms with Gasteiger partial charge in [-0.2, -0.15) is 0 Å². The first-order chi connectivity index (χ1) is 9.90. The zero-order chi connectivity index (χ0) is 15.5. The second-order valence-electron chi connectivity index (χ2n) is 5.65. The molecule has 7 nitrogen and oxygen atoms in total. The van der Waals surface area contributed by atoms with E-state index in [1.807, 2.05) is 26.8 Å². The molecular weight excluding hydrogens is 270 g/mol. The van der Waals surface area contributed by atoms with Crippen molar-refractivity contribution in [3.8, 4) is 5.88 Å². The van der Waals surface area contributed by atoms with Crippen molar-refractivity contribution in [1.29, 1.82) is 0 Å². The van der Waals surface area contributed by atoms with Gasteiger partial charge in [-0.05, 0) is 5.56 Å². The first-order valence-electron chi connectivity index (χ1n) is 6.60. The SMILES string of the molecule is COc1ccc(CNC(=O)c2n[nH]c(C(C)(C)C)n2)cn1. The van der Waals surface area contributed by atoms with Gasteiger partial charge in [0.05, 0.1) is 7.11 Å². The number of hydrogen-bond donors (Lipinski definition) is 2. The average Bonchev–Trinajstić information content (AvgIpc) is 2.95. The zero-order valence-electron chi connectivity index (χ0n) is 12.6. The molecule has 112 valence electrons. The van der Waals surface area contributed by atoms with Crippen molar-refractivity contribution in [2.75, 3.05) is 7.11 Å². The molecule has 7 heteroatoms. The highest BCUT2D eigenvalue weighted by Crippen LogP contribution is 2.17. The summed E-state index contributed by atoms with van der Waals surface area (Å²) < 4.78 is 4.98. The molecule has 2 rings (SSSR count). The number of hydrogen-bond acceptors (Lipinski definition) is 5. The number of carbonyl (C=O) groups excluding carboxylic acids is 1. The molecule has 2 heterocycles. The van der Waals surface area contributed by atoms with Crippen molar-refractivity contribution in [1.82, 2.24) is 25.5 Å². The third kappa shape index (κ3) is 3.77. The van der Waals surface area contributed by atoms with Gasteiger partial charge in [0.15, 0.2) is 0 Å². The Bertz CT molecular complexity index is 613. The van der Waals surface area contributed by atoms with Gasteiger partial charge in [0, 0.05) is 24.2 Å². The van der Waals surface area contributed by atoms with Crippen LogP contribution in [0.3, 0.4) is 0 Å². The summed E-state index contributed by atoms with van der Waals surface area (Å²) in [6, 6.07) is 3.58. The van der Waals surface area contributed by atoms with Crippen LogP contribution in [0, 0.1) is 0 Å². The molecular formula is C14H19N5O2. The third-order valence-electron chi connectivity index (χ3n) is 2.86. The van der Waals surface area contributed by atoms with Crippen LogP contribution < -0.4 is 10.1 Å². The predicted octanol–water partition coefficient (Wildman–Crippen LogP) is 1.44. The van der Waals surface area contributed by atoms with E-state index < -0.39 is 0 Å². The van der Waals surface area contributed by atoms with E-state index in [1.54, 1.807) is 19.4 Å². The fourth-order valence-electron chi connectivity index (χ4n) is 1.60. The van der Waals surface area contributed by atoms with Crippen LogP contribution >= 0.6 is 0 Å². The Balaban J connectivity index is 1.96. The van der Waals surface area contributed by atoms with Crippen molar-refractivity contribution >= 4 is 5.91 Å². The highest BCUT2D eigenvalue weighted by molar-refractivity contribution is 5.90. The highest BCUT2D eigenvalue weighted by atomic mass is 16.5. The number of aromatic amines is 1. The Labute approximate surface area is 123 Å². The molecule has 0 aliphatic heterocycles. The van der Waals surface area contributed by atoms with Gasteiger partial charge in [0.2, 0.25) is 11.7 Å². The summed E-state index contributed by atoms with van der Waals surface area (Å²) in [4.78, 5) is 20.3. The summed E-state index contributed by atoms with van der Waals surface area (Å²) in [7, 11) is 1.56. The first kappa shape index (κ1) is 15.0. The van der Waals surface area contributed by atoms with Crippen molar-refractivity contribution < 1.29 is 9.53 Å². The van der Waals surface area contributed by atoms with Crippen LogP contribution in [0.1, 0.15) is 42.8 Å². The Morgan fingerprint density at radius 1 is 1.38 bits per heavy atom. The second kappa shape index (κ2) is 5.90. The Hall–Kier alpha value is -2.44. The maximum atomic E-state index is 12.0. The van der Waals surface area contributed by atoms with E-state index in [-0.39, 0.29) is 17.1 Å². The van der Waals surface area contributed by atoms with Gasteiger partial charge in [-0.25, -0.2) is 9.97 Å². The van der Waals surface area contributed by atoms with Gasteiger partial charge in [0.25, 0.3) is 5.91 Å². The molecule has 0 bridgehead atoms. The van der Waals surface area contributed by atoms with Gasteiger partial charge in [0.1, 0.15) is 5.82 Å². The molecule has 0 fully saturated rings. The number of rotatable bonds is 4. The number of carbonyl (C=O) groups is 1. The summed E-state index contributed by atoms with van der Waals surface area (Å²) in [5.41, 5.74) is 0.696. The topological polar surface area (TPSA) is 92.8 Å². The predicted molar refractivity (Wildman–Crippen MR) is 77.0 cm³/mol. The minimum absolute atomic E-state index is 0.140. The van der Waals surface area contributed by atoms with Crippen LogP contribution in [0.2, 0.25) is 0 Å². The summed E-state index contributed by atoms with van der Waals surface area (Å²) in [5, 5.41) is 9.48. The van der Waals surface area contributed by atoms with Gasteiger partial charge in [-0.1, -0.05) is 26.8 Å². The lowest BCUT2D eigenvalue weighted by Gasteiger charge is -2.12. The summed E-state index contributed by atoms with van der Waals surface area (Å²) >= 11 is 0. The average molecular weight is 289 g/mol. The van der Waals surface area contributed by atoms with E-state index >= 15 is 0 Å². The van der Waals surface area contributed by atoms with Gasteiger partial charge < -0.3 is 10.1 Å². The standard InChI is InChI=1S/C14H19N5O2/c1-14(2,3)13-17-11(18-19-13)12(20)16-8-9-5-6-10(21-4)15-7-9/h5-7H,8H2,1-4H3,(H,16,20)(H,17,18,19). The molecule has 0 aliphatic rings. The normalized spacial score (nSPS) is 11.2. The van der Waals surface area contributed by atoms with Crippen LogP contribution in [-0.4, -0.2) is 33.2 Å². The number of nitrogens with one attached hydrogen (secondary N) is 2. The van der Waals surface area contributed by atoms with Crippen molar-refractivity contribution in [2.45, 2.75) is 32.7 Å². The third-order valence-corrected chi connectivity index (χ3v) is 2.86. The maximum absolute atomic E-state index is 12.0. The summed E-state index contributed by atoms with van der Waals surface area (Å²) in [5.74, 6) is 1.03. The molecule has 0 saturated carbocycles. The number of methoxy groups -OCH3 is 1. The van der Waals surface area contributed by atoms with Gasteiger partial charge in [-0.15, -0.1) is 5.10 Å². The minimum atomic E-state index is -0.322. The number of nitrogens with zero attached hydrogens (tertiary/aromatic N) is 3. The number of ether oxygens (including phenoxy) is 1. The fraction of sp³-hybridized carbons (Fsp3) is 0.429. The fourth-order valence-corrected chi connectivity index (χ4v) is 1.60. The Morgan fingerprint density at radius 2 is 2.14 bits per heavy atom. The van der Waals surface area contributed by atoms with E-state index in [9.17, 15) is 4.79 Å².